The Kier molecular flexibility index (Phi) is 5.10. The second kappa shape index (κ2) is 5.08. The molecule has 0 aliphatic rings. The third-order valence-corrected chi connectivity index (χ3v) is 3.24. The Morgan fingerprint density at radius 3 is 1.62 bits per heavy atom. The van der Waals surface area contributed by atoms with Gasteiger partial charge in [-0.1, -0.05) is 37.8 Å². The van der Waals surface area contributed by atoms with Gasteiger partial charge < -0.3 is 5.11 Å². The van der Waals surface area contributed by atoms with E-state index in [1.165, 1.54) is 0 Å². The summed E-state index contributed by atoms with van der Waals surface area (Å²) in [6, 6.07) is 0. The fraction of sp³-hybridized carbons (Fsp3) is 0.667. The molecule has 13 heavy (non-hydrogen) atoms. The van der Waals surface area contributed by atoms with Crippen LogP contribution in [0.15, 0.2) is 0 Å². The predicted molar refractivity (Wildman–Crippen MR) is 69.1 cm³/mol. The number of aliphatic hydroxyl groups excluding tert-OH is 1. The van der Waals surface area contributed by atoms with Crippen LogP contribution in [-0.4, -0.2) is 19.9 Å². The van der Waals surface area contributed by atoms with Gasteiger partial charge in [0, 0.05) is 9.73 Å². The molecule has 0 aromatic carbocycles. The fourth-order valence-electron chi connectivity index (χ4n) is 1.38. The lowest BCUT2D eigenvalue weighted by molar-refractivity contribution is 0.492. The first-order chi connectivity index (χ1) is 5.89. The van der Waals surface area contributed by atoms with Gasteiger partial charge in [-0.3, -0.25) is 0 Å². The molecule has 0 fully saturated rings. The van der Waals surface area contributed by atoms with Crippen molar-refractivity contribution in [3.05, 3.63) is 0 Å². The van der Waals surface area contributed by atoms with Gasteiger partial charge in [-0.15, -0.1) is 0 Å². The van der Waals surface area contributed by atoms with Crippen LogP contribution in [0.2, 0.25) is 0 Å². The summed E-state index contributed by atoms with van der Waals surface area (Å²) in [4.78, 5) is 1.32. The predicted octanol–water partition coefficient (Wildman–Crippen LogP) is 3.44. The Bertz CT molecular complexity index is 209. The van der Waals surface area contributed by atoms with Crippen molar-refractivity contribution >= 4 is 51.4 Å². The van der Waals surface area contributed by atoms with Crippen LogP contribution in [0.1, 0.15) is 33.6 Å². The van der Waals surface area contributed by atoms with Crippen LogP contribution in [-0.2, 0) is 0 Å². The first-order valence-corrected chi connectivity index (χ1v) is 5.37. The molecule has 0 saturated carbocycles. The molecule has 0 radical (unpaired) electrons. The summed E-state index contributed by atoms with van der Waals surface area (Å²) in [5.74, 6) is 0. The third kappa shape index (κ3) is 2.51. The van der Waals surface area contributed by atoms with E-state index in [0.29, 0.717) is 16.1 Å². The quantitative estimate of drug-likeness (QED) is 0.735. The number of aliphatic hydroxyl groups is 1. The first kappa shape index (κ1) is 13.1. The fourth-order valence-corrected chi connectivity index (χ4v) is 2.69. The van der Waals surface area contributed by atoms with Crippen molar-refractivity contribution in [2.45, 2.75) is 33.6 Å². The first-order valence-electron chi connectivity index (χ1n) is 4.15. The van der Waals surface area contributed by atoms with Crippen LogP contribution < -0.4 is 0 Å². The zero-order chi connectivity index (χ0) is 10.6. The highest BCUT2D eigenvalue weighted by atomic mass is 32.1. The van der Waals surface area contributed by atoms with Gasteiger partial charge in [0.15, 0.2) is 5.05 Å². The van der Waals surface area contributed by atoms with Gasteiger partial charge in [0.25, 0.3) is 0 Å². The minimum absolute atomic E-state index is 0.0886. The molecule has 0 aromatic heterocycles. The molecule has 0 aliphatic heterocycles. The summed E-state index contributed by atoms with van der Waals surface area (Å²) < 4.78 is 0. The number of hydrogen-bond donors (Lipinski definition) is 1. The van der Waals surface area contributed by atoms with E-state index in [1.807, 2.05) is 6.92 Å². The maximum atomic E-state index is 9.49. The second-order valence-electron chi connectivity index (χ2n) is 3.07. The van der Waals surface area contributed by atoms with E-state index in [4.69, 9.17) is 36.7 Å². The van der Waals surface area contributed by atoms with Gasteiger partial charge in [-0.2, -0.15) is 0 Å². The second-order valence-corrected chi connectivity index (χ2v) is 4.68. The summed E-state index contributed by atoms with van der Waals surface area (Å²) in [7, 11) is 0. The summed E-state index contributed by atoms with van der Waals surface area (Å²) >= 11 is 15.1. The van der Waals surface area contributed by atoms with Gasteiger partial charge in [-0.05, 0) is 32.5 Å². The number of rotatable bonds is 5. The third-order valence-electron chi connectivity index (χ3n) is 2.19. The van der Waals surface area contributed by atoms with Gasteiger partial charge in [0.2, 0.25) is 0 Å². The lowest BCUT2D eigenvalue weighted by atomic mass is 9.78. The average molecular weight is 234 g/mol. The van der Waals surface area contributed by atoms with E-state index in [2.05, 4.69) is 0 Å². The maximum absolute atomic E-state index is 9.49. The topological polar surface area (TPSA) is 20.2 Å². The van der Waals surface area contributed by atoms with E-state index in [9.17, 15) is 5.11 Å². The molecule has 0 bridgehead atoms. The highest BCUT2D eigenvalue weighted by Gasteiger charge is 2.38. The lowest BCUT2D eigenvalue weighted by Crippen LogP contribution is -2.41. The molecule has 74 valence electrons. The Morgan fingerprint density at radius 1 is 1.15 bits per heavy atom. The molecule has 1 nitrogen and oxygen atoms in total. The Hall–Kier alpha value is 0.0700. The van der Waals surface area contributed by atoms with E-state index in [0.717, 1.165) is 6.42 Å². The Balaban J connectivity index is 5.18. The van der Waals surface area contributed by atoms with Crippen molar-refractivity contribution in [3.8, 4) is 0 Å². The van der Waals surface area contributed by atoms with E-state index in [-0.39, 0.29) is 5.05 Å². The highest BCUT2D eigenvalue weighted by Crippen LogP contribution is 2.30. The van der Waals surface area contributed by atoms with Crippen LogP contribution in [0.25, 0.3) is 0 Å². The average Bonchev–Trinajstić information content (AvgIpc) is 1.97. The van der Waals surface area contributed by atoms with Crippen molar-refractivity contribution in [1.82, 2.24) is 0 Å². The van der Waals surface area contributed by atoms with Crippen LogP contribution in [0.5, 0.6) is 0 Å². The molecule has 0 saturated heterocycles. The van der Waals surface area contributed by atoms with Crippen molar-refractivity contribution in [1.29, 1.82) is 0 Å². The summed E-state index contributed by atoms with van der Waals surface area (Å²) in [5, 5.41) is 9.40. The van der Waals surface area contributed by atoms with Crippen molar-refractivity contribution in [2.24, 2.45) is 5.41 Å². The summed E-state index contributed by atoms with van der Waals surface area (Å²) in [6.07, 6.45) is 1.59. The normalized spacial score (nSPS) is 11.0. The molecule has 0 spiro atoms. The Labute approximate surface area is 95.5 Å². The molecule has 0 aromatic rings. The highest BCUT2D eigenvalue weighted by molar-refractivity contribution is 7.84. The number of hydrogen-bond acceptors (Lipinski definition) is 3. The molecule has 0 heterocycles. The molecule has 4 heteroatoms. The van der Waals surface area contributed by atoms with Crippen molar-refractivity contribution < 1.29 is 5.11 Å². The smallest absolute Gasteiger partial charge is 0.172 e. The van der Waals surface area contributed by atoms with Crippen LogP contribution in [0.4, 0.5) is 0 Å². The van der Waals surface area contributed by atoms with E-state index < -0.39 is 5.41 Å². The molecule has 0 aliphatic carbocycles. The zero-order valence-corrected chi connectivity index (χ0v) is 10.5. The summed E-state index contributed by atoms with van der Waals surface area (Å²) in [6.45, 7) is 5.58. The van der Waals surface area contributed by atoms with Gasteiger partial charge in [0.05, 0.1) is 0 Å². The van der Waals surface area contributed by atoms with E-state index >= 15 is 0 Å². The summed E-state index contributed by atoms with van der Waals surface area (Å²) in [5.41, 5.74) is -0.700. The maximum Gasteiger partial charge on any atom is 0.172 e. The standard InChI is InChI=1S/C9H14OS3/c1-4-5-9(6(2)11,7(3)12)8(10)13/h4-5H2,1-3H3,(H,10,13). The lowest BCUT2D eigenvalue weighted by Gasteiger charge is -2.30. The molecule has 0 atom stereocenters. The minimum Gasteiger partial charge on any atom is -0.501 e. The molecular formula is C9H14OS3. The monoisotopic (exact) mass is 234 g/mol. The minimum atomic E-state index is -0.700. The molecule has 0 rings (SSSR count). The van der Waals surface area contributed by atoms with Crippen LogP contribution in [0, 0.1) is 5.41 Å². The zero-order valence-electron chi connectivity index (χ0n) is 8.09. The molecule has 0 unspecified atom stereocenters. The van der Waals surface area contributed by atoms with Crippen LogP contribution >= 0.6 is 36.7 Å². The van der Waals surface area contributed by atoms with Gasteiger partial charge >= 0.3 is 0 Å². The van der Waals surface area contributed by atoms with Crippen molar-refractivity contribution in [3.63, 3.8) is 0 Å². The number of thiocarbonyl (C=S) groups is 3. The molecular weight excluding hydrogens is 220 g/mol. The molecule has 1 N–H and O–H groups in total. The Morgan fingerprint density at radius 2 is 1.54 bits per heavy atom. The van der Waals surface area contributed by atoms with Crippen molar-refractivity contribution in [2.75, 3.05) is 0 Å². The van der Waals surface area contributed by atoms with E-state index in [1.54, 1.807) is 13.8 Å². The van der Waals surface area contributed by atoms with Gasteiger partial charge in [0.1, 0.15) is 5.41 Å². The SMILES string of the molecule is CCCC(C(C)=S)(C(C)=S)C(O)=S. The molecule has 0 amide bonds. The van der Waals surface area contributed by atoms with Crippen LogP contribution in [0.3, 0.4) is 0 Å². The van der Waals surface area contributed by atoms with Gasteiger partial charge in [-0.25, -0.2) is 0 Å². The largest absolute Gasteiger partial charge is 0.501 e.